The van der Waals surface area contributed by atoms with Crippen LogP contribution in [0.2, 0.25) is 0 Å². The maximum atomic E-state index is 13.5. The highest BCUT2D eigenvalue weighted by Crippen LogP contribution is 2.15. The van der Waals surface area contributed by atoms with Gasteiger partial charge in [0.15, 0.2) is 0 Å². The molecule has 2 atom stereocenters. The number of carbonyl (C=O) groups is 6. The first-order valence-corrected chi connectivity index (χ1v) is 15.4. The van der Waals surface area contributed by atoms with Crippen LogP contribution in [-0.4, -0.2) is 65.8 Å². The molecule has 12 nitrogen and oxygen atoms in total. The minimum Gasteiger partial charge on any atom is -0.463 e. The highest BCUT2D eigenvalue weighted by Gasteiger charge is 2.30. The van der Waals surface area contributed by atoms with Gasteiger partial charge in [-0.1, -0.05) is 55.3 Å². The second-order valence-corrected chi connectivity index (χ2v) is 11.0. The van der Waals surface area contributed by atoms with E-state index >= 15 is 0 Å². The first kappa shape index (κ1) is 35.1. The summed E-state index contributed by atoms with van der Waals surface area (Å²) in [5.74, 6) is -2.02. The van der Waals surface area contributed by atoms with E-state index in [4.69, 9.17) is 10.5 Å². The van der Waals surface area contributed by atoms with E-state index in [1.54, 1.807) is 24.3 Å². The summed E-state index contributed by atoms with van der Waals surface area (Å²) in [7, 11) is 0. The topological polar surface area (TPSA) is 177 Å². The predicted molar refractivity (Wildman–Crippen MR) is 167 cm³/mol. The molecule has 0 unspecified atom stereocenters. The number of carbonyl (C=O) groups excluding carboxylic acids is 6. The number of hydrazine groups is 1. The number of anilines is 1. The maximum Gasteiger partial charge on any atom is 0.293 e. The molecule has 12 heteroatoms. The molecule has 0 saturated carbocycles. The van der Waals surface area contributed by atoms with Crippen molar-refractivity contribution in [3.8, 4) is 0 Å². The van der Waals surface area contributed by atoms with Gasteiger partial charge in [-0.15, -0.1) is 0 Å². The first-order valence-electron chi connectivity index (χ1n) is 15.4. The number of ketones is 2. The number of amides is 3. The van der Waals surface area contributed by atoms with Crippen LogP contribution in [0.15, 0.2) is 54.6 Å². The number of hydrogen-bond acceptors (Lipinski definition) is 10. The van der Waals surface area contributed by atoms with Crippen LogP contribution < -0.4 is 21.9 Å². The predicted octanol–water partition coefficient (Wildman–Crippen LogP) is 2.35. The van der Waals surface area contributed by atoms with Gasteiger partial charge in [-0.25, -0.2) is 5.43 Å². The van der Waals surface area contributed by atoms with E-state index < -0.39 is 29.6 Å². The Morgan fingerprint density at radius 3 is 2.24 bits per heavy atom. The molecule has 1 aliphatic rings. The Morgan fingerprint density at radius 2 is 1.58 bits per heavy atom. The number of imide groups is 1. The molecule has 242 valence electrons. The van der Waals surface area contributed by atoms with Crippen molar-refractivity contribution in [2.75, 3.05) is 18.5 Å². The van der Waals surface area contributed by atoms with Gasteiger partial charge in [-0.3, -0.25) is 33.7 Å². The van der Waals surface area contributed by atoms with Crippen LogP contribution in [0, 0.1) is 0 Å². The van der Waals surface area contributed by atoms with E-state index in [1.165, 1.54) is 4.90 Å². The number of nitrogens with two attached hydrogens (primary N) is 1. The zero-order chi connectivity index (χ0) is 32.4. The van der Waals surface area contributed by atoms with Gasteiger partial charge in [-0.2, -0.15) is 0 Å². The zero-order valence-corrected chi connectivity index (χ0v) is 25.5. The third-order valence-electron chi connectivity index (χ3n) is 7.56. The number of unbranched alkanes of at least 4 members (excludes halogenated alkanes) is 3. The molecule has 0 radical (unpaired) electrons. The van der Waals surface area contributed by atoms with Gasteiger partial charge in [0, 0.05) is 37.9 Å². The summed E-state index contributed by atoms with van der Waals surface area (Å²) in [6.07, 6.45) is 4.02. The van der Waals surface area contributed by atoms with Crippen LogP contribution in [0.1, 0.15) is 68.9 Å². The van der Waals surface area contributed by atoms with E-state index in [2.05, 4.69) is 16.2 Å². The van der Waals surface area contributed by atoms with Gasteiger partial charge in [0.05, 0.1) is 6.04 Å². The zero-order valence-electron chi connectivity index (χ0n) is 25.5. The van der Waals surface area contributed by atoms with E-state index in [1.807, 2.05) is 30.3 Å². The average Bonchev–Trinajstić information content (AvgIpc) is 3.37. The minimum atomic E-state index is -1.05. The summed E-state index contributed by atoms with van der Waals surface area (Å²) in [6.45, 7) is 1.32. The normalized spacial score (nSPS) is 14.1. The van der Waals surface area contributed by atoms with Gasteiger partial charge in [0.25, 0.3) is 6.47 Å². The molecule has 1 fully saturated rings. The Balaban J connectivity index is 1.60. The van der Waals surface area contributed by atoms with E-state index in [9.17, 15) is 28.8 Å². The second kappa shape index (κ2) is 19.1. The van der Waals surface area contributed by atoms with Crippen molar-refractivity contribution in [1.29, 1.82) is 0 Å². The number of nitrogens with zero attached hydrogens (tertiary/aromatic N) is 1. The Kier molecular flexibility index (Phi) is 14.9. The standard InChI is InChI=1S/C33H43N5O7/c34-19-7-6-11-27(37-36-26-15-13-25(14-16-26)22-45-23-39)33(44)35-28(21-24-9-3-1-4-10-24)32(43)29(40)12-5-2-8-20-38-30(41)17-18-31(38)42/h1,3-4,9-10,13-16,23,27-28,36-37H,2,5-8,11-12,17-22,34H2,(H,35,44)/t27-,28-/m0/s1. The molecule has 2 aromatic carbocycles. The second-order valence-electron chi connectivity index (χ2n) is 11.0. The molecule has 5 N–H and O–H groups in total. The van der Waals surface area contributed by atoms with Crippen molar-refractivity contribution in [2.45, 2.75) is 82.9 Å². The van der Waals surface area contributed by atoms with Crippen molar-refractivity contribution >= 4 is 41.4 Å². The van der Waals surface area contributed by atoms with Crippen LogP contribution in [0.4, 0.5) is 5.69 Å². The molecule has 1 heterocycles. The van der Waals surface area contributed by atoms with Crippen molar-refractivity contribution in [2.24, 2.45) is 5.73 Å². The third-order valence-corrected chi connectivity index (χ3v) is 7.56. The van der Waals surface area contributed by atoms with E-state index in [-0.39, 0.29) is 44.1 Å². The Bertz CT molecular complexity index is 1270. The maximum absolute atomic E-state index is 13.5. The minimum absolute atomic E-state index is 0.00943. The number of nitrogens with one attached hydrogen (secondary N) is 3. The van der Waals surface area contributed by atoms with Crippen LogP contribution in [0.3, 0.4) is 0 Å². The molecule has 0 aliphatic carbocycles. The number of hydrogen-bond donors (Lipinski definition) is 4. The number of rotatable bonds is 22. The molecular weight excluding hydrogens is 578 g/mol. The fourth-order valence-electron chi connectivity index (χ4n) is 5.00. The largest absolute Gasteiger partial charge is 0.463 e. The summed E-state index contributed by atoms with van der Waals surface area (Å²) in [6, 6.07) is 14.5. The number of ether oxygens (including phenoxy) is 1. The lowest BCUT2D eigenvalue weighted by Gasteiger charge is -2.23. The highest BCUT2D eigenvalue weighted by atomic mass is 16.5. The first-order chi connectivity index (χ1) is 21.8. The molecule has 1 saturated heterocycles. The fraction of sp³-hybridized carbons (Fsp3) is 0.455. The Labute approximate surface area is 263 Å². The molecule has 1 aliphatic heterocycles. The van der Waals surface area contributed by atoms with Gasteiger partial charge in [0.2, 0.25) is 29.3 Å². The molecule has 0 bridgehead atoms. The van der Waals surface area contributed by atoms with Gasteiger partial charge in [0.1, 0.15) is 12.6 Å². The van der Waals surface area contributed by atoms with E-state index in [0.717, 1.165) is 11.1 Å². The van der Waals surface area contributed by atoms with E-state index in [0.29, 0.717) is 63.8 Å². The number of benzene rings is 2. The summed E-state index contributed by atoms with van der Waals surface area (Å²) >= 11 is 0. The van der Waals surface area contributed by atoms with Crippen molar-refractivity contribution < 1.29 is 33.5 Å². The molecule has 2 aromatic rings. The smallest absolute Gasteiger partial charge is 0.293 e. The number of Topliss-reactive ketones (excluding diaryl/α,β-unsaturated/α-hetero) is 2. The lowest BCUT2D eigenvalue weighted by molar-refractivity contribution is -0.139. The lowest BCUT2D eigenvalue weighted by atomic mass is 9.97. The van der Waals surface area contributed by atoms with Gasteiger partial charge in [-0.05, 0) is 55.5 Å². The van der Waals surface area contributed by atoms with Crippen LogP contribution in [0.25, 0.3) is 0 Å². The average molecular weight is 622 g/mol. The SMILES string of the molecule is NCCCC[C@H](NNc1ccc(COC=O)cc1)C(=O)N[C@@H](Cc1ccccc1)C(=O)C(=O)CCCCCN1C(=O)CCC1=O. The summed E-state index contributed by atoms with van der Waals surface area (Å²) in [5, 5.41) is 2.82. The monoisotopic (exact) mass is 621 g/mol. The van der Waals surface area contributed by atoms with Crippen LogP contribution >= 0.6 is 0 Å². The molecule has 0 aromatic heterocycles. The molecular formula is C33H43N5O7. The summed E-state index contributed by atoms with van der Waals surface area (Å²) < 4.78 is 4.76. The quantitative estimate of drug-likeness (QED) is 0.0502. The van der Waals surface area contributed by atoms with Crippen LogP contribution in [-0.2, 0) is 46.5 Å². The Hall–Kier alpha value is -4.42. The summed E-state index contributed by atoms with van der Waals surface area (Å²) in [4.78, 5) is 75.1. The summed E-state index contributed by atoms with van der Waals surface area (Å²) in [5.41, 5.74) is 14.0. The number of likely N-dealkylation sites (tertiary alicyclic amines) is 1. The molecule has 45 heavy (non-hydrogen) atoms. The van der Waals surface area contributed by atoms with Crippen molar-refractivity contribution in [1.82, 2.24) is 15.6 Å². The third kappa shape index (κ3) is 11.9. The molecule has 0 spiro atoms. The molecule has 3 rings (SSSR count). The Morgan fingerprint density at radius 1 is 0.867 bits per heavy atom. The van der Waals surface area contributed by atoms with Gasteiger partial charge < -0.3 is 21.2 Å². The van der Waals surface area contributed by atoms with Crippen molar-refractivity contribution in [3.05, 3.63) is 65.7 Å². The fourth-order valence-corrected chi connectivity index (χ4v) is 5.00. The molecule has 3 amide bonds. The highest BCUT2D eigenvalue weighted by molar-refractivity contribution is 6.39. The van der Waals surface area contributed by atoms with Crippen LogP contribution in [0.5, 0.6) is 0 Å². The lowest BCUT2D eigenvalue weighted by Crippen LogP contribution is -2.53. The van der Waals surface area contributed by atoms with Crippen molar-refractivity contribution in [3.63, 3.8) is 0 Å². The van der Waals surface area contributed by atoms with Gasteiger partial charge >= 0.3 is 0 Å².